The number of hydrogen-bond acceptors (Lipinski definition) is 4. The van der Waals surface area contributed by atoms with Crippen LogP contribution in [0.3, 0.4) is 0 Å². The molecule has 134 valence electrons. The van der Waals surface area contributed by atoms with Crippen molar-refractivity contribution in [3.8, 4) is 0 Å². The monoisotopic (exact) mass is 371 g/mol. The van der Waals surface area contributed by atoms with Crippen molar-refractivity contribution in [1.29, 1.82) is 0 Å². The van der Waals surface area contributed by atoms with Crippen molar-refractivity contribution in [2.75, 3.05) is 13.7 Å². The van der Waals surface area contributed by atoms with Crippen molar-refractivity contribution >= 4 is 33.3 Å². The fourth-order valence-corrected chi connectivity index (χ4v) is 3.57. The molecule has 0 N–H and O–H groups in total. The molecule has 0 saturated carbocycles. The number of hydrogen-bond donors (Lipinski definition) is 0. The molecule has 1 amide bonds. The summed E-state index contributed by atoms with van der Waals surface area (Å²) in [6.07, 6.45) is 0. The molecular formula is C20H18FNO3S. The Hall–Kier alpha value is -2.73. The standard InChI is InChI=1S/C20H18FNO3S/c1-13(14-7-4-3-5-8-14)22(2)19(23)12-25-20(24)18-11-15-16(21)9-6-10-17(15)26-18/h3-11,13H,12H2,1-2H3/t13-/m1/s1. The van der Waals surface area contributed by atoms with Gasteiger partial charge in [-0.05, 0) is 30.7 Å². The van der Waals surface area contributed by atoms with Crippen molar-refractivity contribution in [2.24, 2.45) is 0 Å². The fraction of sp³-hybridized carbons (Fsp3) is 0.200. The molecule has 0 bridgehead atoms. The zero-order chi connectivity index (χ0) is 18.7. The number of esters is 1. The van der Waals surface area contributed by atoms with Crippen LogP contribution in [0.15, 0.2) is 54.6 Å². The molecule has 0 radical (unpaired) electrons. The van der Waals surface area contributed by atoms with Gasteiger partial charge in [0.05, 0.1) is 6.04 Å². The van der Waals surface area contributed by atoms with Gasteiger partial charge >= 0.3 is 5.97 Å². The average molecular weight is 371 g/mol. The molecule has 4 nitrogen and oxygen atoms in total. The zero-order valence-corrected chi connectivity index (χ0v) is 15.3. The first-order chi connectivity index (χ1) is 12.5. The maximum Gasteiger partial charge on any atom is 0.348 e. The van der Waals surface area contributed by atoms with Crippen LogP contribution in [0.4, 0.5) is 4.39 Å². The Bertz CT molecular complexity index is 939. The summed E-state index contributed by atoms with van der Waals surface area (Å²) in [7, 11) is 1.67. The van der Waals surface area contributed by atoms with Crippen LogP contribution in [-0.4, -0.2) is 30.4 Å². The molecule has 0 unspecified atom stereocenters. The summed E-state index contributed by atoms with van der Waals surface area (Å²) in [5, 5.41) is 0.380. The molecule has 3 rings (SSSR count). The number of nitrogens with zero attached hydrogens (tertiary/aromatic N) is 1. The van der Waals surface area contributed by atoms with E-state index in [1.165, 1.54) is 17.0 Å². The molecule has 6 heteroatoms. The Kier molecular flexibility index (Phi) is 5.32. The number of rotatable bonds is 5. The lowest BCUT2D eigenvalue weighted by molar-refractivity contribution is -0.135. The molecule has 0 spiro atoms. The Labute approximate surface area is 154 Å². The summed E-state index contributed by atoms with van der Waals surface area (Å²) in [5.74, 6) is -1.31. The normalized spacial score (nSPS) is 12.0. The Morgan fingerprint density at radius 3 is 2.58 bits per heavy atom. The van der Waals surface area contributed by atoms with Gasteiger partial charge < -0.3 is 9.64 Å². The van der Waals surface area contributed by atoms with Gasteiger partial charge in [0.2, 0.25) is 0 Å². The SMILES string of the molecule is C[C@H](c1ccccc1)N(C)C(=O)COC(=O)c1cc2c(F)cccc2s1. The van der Waals surface area contributed by atoms with Crippen LogP contribution in [0.25, 0.3) is 10.1 Å². The van der Waals surface area contributed by atoms with Crippen LogP contribution in [0, 0.1) is 5.82 Å². The number of fused-ring (bicyclic) bond motifs is 1. The summed E-state index contributed by atoms with van der Waals surface area (Å²) in [5.41, 5.74) is 0.995. The van der Waals surface area contributed by atoms with Crippen LogP contribution < -0.4 is 0 Å². The second kappa shape index (κ2) is 7.66. The van der Waals surface area contributed by atoms with E-state index in [0.717, 1.165) is 16.9 Å². The fourth-order valence-electron chi connectivity index (χ4n) is 2.60. The van der Waals surface area contributed by atoms with Gasteiger partial charge in [-0.2, -0.15) is 0 Å². The minimum absolute atomic E-state index is 0.138. The first-order valence-electron chi connectivity index (χ1n) is 8.13. The third-order valence-corrected chi connectivity index (χ3v) is 5.37. The van der Waals surface area contributed by atoms with Gasteiger partial charge in [-0.3, -0.25) is 4.79 Å². The first kappa shape index (κ1) is 18.1. The van der Waals surface area contributed by atoms with Crippen LogP contribution in [0.5, 0.6) is 0 Å². The number of amides is 1. The number of likely N-dealkylation sites (N-methyl/N-ethyl adjacent to an activating group) is 1. The Balaban J connectivity index is 1.63. The maximum atomic E-state index is 13.7. The minimum Gasteiger partial charge on any atom is -0.451 e. The summed E-state index contributed by atoms with van der Waals surface area (Å²) >= 11 is 1.14. The highest BCUT2D eigenvalue weighted by Gasteiger charge is 2.20. The number of carbonyl (C=O) groups excluding carboxylic acids is 2. The van der Waals surface area contributed by atoms with Crippen molar-refractivity contribution < 1.29 is 18.7 Å². The molecule has 0 aliphatic heterocycles. The molecule has 1 heterocycles. The van der Waals surface area contributed by atoms with Gasteiger partial charge in [-0.1, -0.05) is 36.4 Å². The highest BCUT2D eigenvalue weighted by molar-refractivity contribution is 7.20. The van der Waals surface area contributed by atoms with E-state index in [0.29, 0.717) is 10.1 Å². The van der Waals surface area contributed by atoms with E-state index >= 15 is 0 Å². The molecule has 1 atom stereocenters. The molecule has 0 fully saturated rings. The van der Waals surface area contributed by atoms with E-state index in [2.05, 4.69) is 0 Å². The number of benzene rings is 2. The molecular weight excluding hydrogens is 353 g/mol. The highest BCUT2D eigenvalue weighted by Crippen LogP contribution is 2.28. The van der Waals surface area contributed by atoms with Crippen LogP contribution >= 0.6 is 11.3 Å². The number of carbonyl (C=O) groups is 2. The maximum absolute atomic E-state index is 13.7. The predicted molar refractivity (Wildman–Crippen MR) is 99.7 cm³/mol. The number of ether oxygens (including phenoxy) is 1. The molecule has 0 aliphatic rings. The Morgan fingerprint density at radius 1 is 1.15 bits per heavy atom. The van der Waals surface area contributed by atoms with Gasteiger partial charge in [0.25, 0.3) is 5.91 Å². The average Bonchev–Trinajstić information content (AvgIpc) is 3.11. The zero-order valence-electron chi connectivity index (χ0n) is 14.4. The van der Waals surface area contributed by atoms with Gasteiger partial charge in [0.1, 0.15) is 10.7 Å². The van der Waals surface area contributed by atoms with E-state index < -0.39 is 5.97 Å². The number of thiophene rings is 1. The number of halogens is 1. The lowest BCUT2D eigenvalue weighted by Gasteiger charge is -2.25. The van der Waals surface area contributed by atoms with E-state index in [9.17, 15) is 14.0 Å². The summed E-state index contributed by atoms with van der Waals surface area (Å²) < 4.78 is 19.5. The van der Waals surface area contributed by atoms with Crippen LogP contribution in [0.2, 0.25) is 0 Å². The largest absolute Gasteiger partial charge is 0.451 e. The topological polar surface area (TPSA) is 46.6 Å². The molecule has 2 aromatic carbocycles. The van der Waals surface area contributed by atoms with Crippen molar-refractivity contribution in [3.63, 3.8) is 0 Å². The van der Waals surface area contributed by atoms with E-state index in [4.69, 9.17) is 4.74 Å². The lowest BCUT2D eigenvalue weighted by Crippen LogP contribution is -2.33. The molecule has 0 aliphatic carbocycles. The van der Waals surface area contributed by atoms with E-state index in [-0.39, 0.29) is 29.3 Å². The molecule has 0 saturated heterocycles. The quantitative estimate of drug-likeness (QED) is 0.624. The lowest BCUT2D eigenvalue weighted by atomic mass is 10.1. The minimum atomic E-state index is -0.625. The molecule has 3 aromatic rings. The molecule has 26 heavy (non-hydrogen) atoms. The Morgan fingerprint density at radius 2 is 1.88 bits per heavy atom. The summed E-state index contributed by atoms with van der Waals surface area (Å²) in [4.78, 5) is 26.3. The van der Waals surface area contributed by atoms with Crippen LogP contribution in [0.1, 0.15) is 28.2 Å². The van der Waals surface area contributed by atoms with Gasteiger partial charge in [-0.15, -0.1) is 11.3 Å². The second-order valence-corrected chi connectivity index (χ2v) is 7.01. The second-order valence-electron chi connectivity index (χ2n) is 5.93. The summed E-state index contributed by atoms with van der Waals surface area (Å²) in [6.45, 7) is 1.55. The van der Waals surface area contributed by atoms with Gasteiger partial charge in [0.15, 0.2) is 6.61 Å². The predicted octanol–water partition coefficient (Wildman–Crippen LogP) is 4.42. The van der Waals surface area contributed by atoms with E-state index in [1.807, 2.05) is 37.3 Å². The molecule has 1 aromatic heterocycles. The highest BCUT2D eigenvalue weighted by atomic mass is 32.1. The van der Waals surface area contributed by atoms with Gasteiger partial charge in [0, 0.05) is 17.1 Å². The van der Waals surface area contributed by atoms with Gasteiger partial charge in [-0.25, -0.2) is 9.18 Å². The third kappa shape index (κ3) is 3.75. The van der Waals surface area contributed by atoms with Crippen LogP contribution in [-0.2, 0) is 9.53 Å². The van der Waals surface area contributed by atoms with Crippen molar-refractivity contribution in [3.05, 3.63) is 70.9 Å². The van der Waals surface area contributed by atoms with Crippen molar-refractivity contribution in [2.45, 2.75) is 13.0 Å². The smallest absolute Gasteiger partial charge is 0.348 e. The third-order valence-electron chi connectivity index (χ3n) is 4.29. The summed E-state index contributed by atoms with van der Waals surface area (Å²) in [6, 6.07) is 15.6. The van der Waals surface area contributed by atoms with E-state index in [1.54, 1.807) is 19.2 Å². The first-order valence-corrected chi connectivity index (χ1v) is 8.95. The van der Waals surface area contributed by atoms with Crippen molar-refractivity contribution in [1.82, 2.24) is 4.90 Å².